The monoisotopic (exact) mass is 247 g/mol. The second-order valence-corrected chi connectivity index (χ2v) is 5.71. The van der Waals surface area contributed by atoms with Gasteiger partial charge >= 0.3 is 0 Å². The van der Waals surface area contributed by atoms with E-state index in [-0.39, 0.29) is 11.6 Å². The van der Waals surface area contributed by atoms with Crippen LogP contribution in [0.2, 0.25) is 0 Å². The number of benzene rings is 1. The fraction of sp³-hybridized carbons (Fsp3) is 0.625. The third-order valence-electron chi connectivity index (χ3n) is 4.56. The van der Waals surface area contributed by atoms with Gasteiger partial charge in [-0.15, -0.1) is 0 Å². The van der Waals surface area contributed by atoms with Crippen molar-refractivity contribution in [1.29, 1.82) is 0 Å². The van der Waals surface area contributed by atoms with Crippen LogP contribution in [-0.4, -0.2) is 18.8 Å². The summed E-state index contributed by atoms with van der Waals surface area (Å²) in [5.74, 6) is 0. The molecule has 2 rings (SSSR count). The highest BCUT2D eigenvalue weighted by Crippen LogP contribution is 2.36. The maximum absolute atomic E-state index is 6.42. The summed E-state index contributed by atoms with van der Waals surface area (Å²) >= 11 is 0. The van der Waals surface area contributed by atoms with Crippen molar-refractivity contribution in [3.63, 3.8) is 0 Å². The summed E-state index contributed by atoms with van der Waals surface area (Å²) in [5, 5.41) is 0. The van der Waals surface area contributed by atoms with E-state index in [1.165, 1.54) is 29.5 Å². The summed E-state index contributed by atoms with van der Waals surface area (Å²) in [6, 6.07) is 6.74. The van der Waals surface area contributed by atoms with E-state index in [2.05, 4.69) is 32.0 Å². The van der Waals surface area contributed by atoms with E-state index >= 15 is 0 Å². The van der Waals surface area contributed by atoms with Crippen molar-refractivity contribution in [2.45, 2.75) is 57.6 Å². The van der Waals surface area contributed by atoms with E-state index in [9.17, 15) is 0 Å². The van der Waals surface area contributed by atoms with Crippen LogP contribution in [-0.2, 0) is 11.2 Å². The van der Waals surface area contributed by atoms with Crippen LogP contribution in [0.3, 0.4) is 0 Å². The van der Waals surface area contributed by atoms with E-state index in [0.29, 0.717) is 0 Å². The molecule has 1 aromatic rings. The predicted molar refractivity (Wildman–Crippen MR) is 75.8 cm³/mol. The molecule has 1 aliphatic rings. The number of methoxy groups -OCH3 is 1. The summed E-state index contributed by atoms with van der Waals surface area (Å²) in [4.78, 5) is 0. The molecule has 0 spiro atoms. The van der Waals surface area contributed by atoms with Gasteiger partial charge in [-0.3, -0.25) is 0 Å². The third kappa shape index (κ3) is 2.60. The molecule has 1 atom stereocenters. The highest BCUT2D eigenvalue weighted by atomic mass is 16.5. The lowest BCUT2D eigenvalue weighted by atomic mass is 9.87. The van der Waals surface area contributed by atoms with E-state index in [4.69, 9.17) is 10.5 Å². The lowest BCUT2D eigenvalue weighted by Crippen LogP contribution is -2.48. The first kappa shape index (κ1) is 13.6. The van der Waals surface area contributed by atoms with Gasteiger partial charge in [0.15, 0.2) is 0 Å². The standard InChI is InChI=1S/C16H25NO/c1-12-6-7-14(10-13(12)2)11-15(17)16(18-3)8-4-5-9-16/h6-7,10,15H,4-5,8-9,11,17H2,1-3H3. The lowest BCUT2D eigenvalue weighted by molar-refractivity contribution is -0.0253. The van der Waals surface area contributed by atoms with Crippen LogP contribution in [0, 0.1) is 13.8 Å². The van der Waals surface area contributed by atoms with Gasteiger partial charge in [-0.25, -0.2) is 0 Å². The van der Waals surface area contributed by atoms with Crippen molar-refractivity contribution in [2.75, 3.05) is 7.11 Å². The average molecular weight is 247 g/mol. The summed E-state index contributed by atoms with van der Waals surface area (Å²) in [6.45, 7) is 4.30. The van der Waals surface area contributed by atoms with Gasteiger partial charge in [0.1, 0.15) is 0 Å². The van der Waals surface area contributed by atoms with Crippen molar-refractivity contribution in [1.82, 2.24) is 0 Å². The van der Waals surface area contributed by atoms with Crippen LogP contribution >= 0.6 is 0 Å². The summed E-state index contributed by atoms with van der Waals surface area (Å²) < 4.78 is 5.76. The summed E-state index contributed by atoms with van der Waals surface area (Å²) in [5.41, 5.74) is 10.4. The molecule has 0 amide bonds. The van der Waals surface area contributed by atoms with E-state index in [1.54, 1.807) is 0 Å². The maximum Gasteiger partial charge on any atom is 0.0832 e. The van der Waals surface area contributed by atoms with Crippen LogP contribution in [0.15, 0.2) is 18.2 Å². The van der Waals surface area contributed by atoms with E-state index in [1.807, 2.05) is 7.11 Å². The Hall–Kier alpha value is -0.860. The van der Waals surface area contributed by atoms with Gasteiger partial charge in [-0.05, 0) is 49.8 Å². The van der Waals surface area contributed by atoms with E-state index in [0.717, 1.165) is 19.3 Å². The molecule has 0 bridgehead atoms. The minimum atomic E-state index is -0.0845. The number of rotatable bonds is 4. The quantitative estimate of drug-likeness (QED) is 0.887. The van der Waals surface area contributed by atoms with Crippen molar-refractivity contribution in [3.8, 4) is 0 Å². The van der Waals surface area contributed by atoms with Gasteiger partial charge in [0.25, 0.3) is 0 Å². The SMILES string of the molecule is COC1(C(N)Cc2ccc(C)c(C)c2)CCCC1. The number of aryl methyl sites for hydroxylation is 2. The zero-order valence-electron chi connectivity index (χ0n) is 11.8. The van der Waals surface area contributed by atoms with Crippen LogP contribution < -0.4 is 5.73 Å². The first-order chi connectivity index (χ1) is 8.57. The van der Waals surface area contributed by atoms with Crippen LogP contribution in [0.25, 0.3) is 0 Å². The first-order valence-electron chi connectivity index (χ1n) is 6.94. The lowest BCUT2D eigenvalue weighted by Gasteiger charge is -2.34. The van der Waals surface area contributed by atoms with Gasteiger partial charge in [-0.1, -0.05) is 31.0 Å². The van der Waals surface area contributed by atoms with Crippen LogP contribution in [0.1, 0.15) is 42.4 Å². The number of hydrogen-bond acceptors (Lipinski definition) is 2. The third-order valence-corrected chi connectivity index (χ3v) is 4.56. The smallest absolute Gasteiger partial charge is 0.0832 e. The molecule has 2 heteroatoms. The first-order valence-corrected chi connectivity index (χ1v) is 6.94. The molecule has 1 aromatic carbocycles. The Morgan fingerprint density at radius 3 is 2.44 bits per heavy atom. The van der Waals surface area contributed by atoms with Crippen molar-refractivity contribution < 1.29 is 4.74 Å². The Labute approximate surface area is 111 Å². The minimum Gasteiger partial charge on any atom is -0.377 e. The van der Waals surface area contributed by atoms with Gasteiger partial charge in [-0.2, -0.15) is 0 Å². The van der Waals surface area contributed by atoms with Gasteiger partial charge in [0, 0.05) is 13.2 Å². The molecule has 0 saturated heterocycles. The molecule has 0 radical (unpaired) electrons. The highest BCUT2D eigenvalue weighted by molar-refractivity contribution is 5.30. The zero-order chi connectivity index (χ0) is 13.2. The Morgan fingerprint density at radius 2 is 1.89 bits per heavy atom. The predicted octanol–water partition coefficient (Wildman–Crippen LogP) is 3.13. The number of hydrogen-bond donors (Lipinski definition) is 1. The largest absolute Gasteiger partial charge is 0.377 e. The van der Waals surface area contributed by atoms with Crippen LogP contribution in [0.5, 0.6) is 0 Å². The molecule has 0 aliphatic heterocycles. The summed E-state index contributed by atoms with van der Waals surface area (Å²) in [7, 11) is 1.81. The normalized spacial score (nSPS) is 20.0. The zero-order valence-corrected chi connectivity index (χ0v) is 11.8. The van der Waals surface area contributed by atoms with Gasteiger partial charge in [0.2, 0.25) is 0 Å². The van der Waals surface area contributed by atoms with Crippen molar-refractivity contribution in [2.24, 2.45) is 5.73 Å². The van der Waals surface area contributed by atoms with E-state index < -0.39 is 0 Å². The Bertz CT molecular complexity index is 408. The molecule has 1 fully saturated rings. The van der Waals surface area contributed by atoms with Gasteiger partial charge in [0.05, 0.1) is 5.60 Å². The fourth-order valence-corrected chi connectivity index (χ4v) is 3.07. The average Bonchev–Trinajstić information content (AvgIpc) is 2.84. The number of nitrogens with two attached hydrogens (primary N) is 1. The Morgan fingerprint density at radius 1 is 1.22 bits per heavy atom. The molecule has 0 heterocycles. The topological polar surface area (TPSA) is 35.2 Å². The molecule has 18 heavy (non-hydrogen) atoms. The summed E-state index contributed by atoms with van der Waals surface area (Å²) in [6.07, 6.45) is 5.61. The minimum absolute atomic E-state index is 0.0845. The Kier molecular flexibility index (Phi) is 4.08. The molecule has 0 aromatic heterocycles. The molecule has 2 N–H and O–H groups in total. The molecular weight excluding hydrogens is 222 g/mol. The highest BCUT2D eigenvalue weighted by Gasteiger charge is 2.39. The van der Waals surface area contributed by atoms with Gasteiger partial charge < -0.3 is 10.5 Å². The van der Waals surface area contributed by atoms with Crippen LogP contribution in [0.4, 0.5) is 0 Å². The maximum atomic E-state index is 6.42. The van der Waals surface area contributed by atoms with Crippen molar-refractivity contribution >= 4 is 0 Å². The Balaban J connectivity index is 2.10. The number of ether oxygens (including phenoxy) is 1. The second-order valence-electron chi connectivity index (χ2n) is 5.71. The molecule has 1 aliphatic carbocycles. The molecular formula is C16H25NO. The molecule has 2 nitrogen and oxygen atoms in total. The molecule has 1 saturated carbocycles. The second kappa shape index (κ2) is 5.41. The molecule has 1 unspecified atom stereocenters. The van der Waals surface area contributed by atoms with Crippen molar-refractivity contribution in [3.05, 3.63) is 34.9 Å². The molecule has 100 valence electrons. The fourth-order valence-electron chi connectivity index (χ4n) is 3.07.